The molecule has 0 unspecified atom stereocenters. The van der Waals surface area contributed by atoms with Crippen molar-refractivity contribution in [1.29, 1.82) is 0 Å². The van der Waals surface area contributed by atoms with Gasteiger partial charge >= 0.3 is 5.97 Å². The fourth-order valence-electron chi connectivity index (χ4n) is 2.91. The number of nitrogens with zero attached hydrogens (tertiary/aromatic N) is 1. The number of hydrogen-bond acceptors (Lipinski definition) is 4. The maximum atomic E-state index is 12.5. The zero-order valence-corrected chi connectivity index (χ0v) is 16.5. The van der Waals surface area contributed by atoms with Crippen LogP contribution >= 0.6 is 11.6 Å². The van der Waals surface area contributed by atoms with Crippen LogP contribution in [0.1, 0.15) is 35.7 Å². The van der Waals surface area contributed by atoms with Crippen molar-refractivity contribution in [2.45, 2.75) is 32.8 Å². The predicted molar refractivity (Wildman–Crippen MR) is 108 cm³/mol. The lowest BCUT2D eigenvalue weighted by Gasteiger charge is -2.19. The maximum Gasteiger partial charge on any atom is 0.338 e. The van der Waals surface area contributed by atoms with Crippen LogP contribution in [-0.4, -0.2) is 30.4 Å². The van der Waals surface area contributed by atoms with Gasteiger partial charge in [0.1, 0.15) is 0 Å². The number of esters is 1. The van der Waals surface area contributed by atoms with Crippen molar-refractivity contribution in [3.63, 3.8) is 0 Å². The van der Waals surface area contributed by atoms with Gasteiger partial charge in [0, 0.05) is 18.7 Å². The third-order valence-electron chi connectivity index (χ3n) is 4.52. The average Bonchev–Trinajstić information content (AvgIpc) is 3.09. The fraction of sp³-hybridized carbons (Fsp3) is 0.286. The summed E-state index contributed by atoms with van der Waals surface area (Å²) in [6.07, 6.45) is 0.225. The Kier molecular flexibility index (Phi) is 5.99. The zero-order chi connectivity index (χ0) is 20.3. The molecule has 2 aromatic rings. The molecule has 2 amide bonds. The zero-order valence-electron chi connectivity index (χ0n) is 15.7. The molecule has 7 heteroatoms. The lowest BCUT2D eigenvalue weighted by Crippen LogP contribution is -2.30. The van der Waals surface area contributed by atoms with Crippen LogP contribution in [0.15, 0.2) is 42.5 Å². The molecule has 1 aliphatic rings. The Morgan fingerprint density at radius 3 is 2.54 bits per heavy atom. The Bertz CT molecular complexity index is 911. The van der Waals surface area contributed by atoms with Crippen LogP contribution in [0.4, 0.5) is 11.4 Å². The molecule has 1 heterocycles. The van der Waals surface area contributed by atoms with Gasteiger partial charge in [-0.05, 0) is 50.6 Å². The molecule has 0 spiro atoms. The molecule has 1 fully saturated rings. The lowest BCUT2D eigenvalue weighted by atomic mass is 10.2. The predicted octanol–water partition coefficient (Wildman–Crippen LogP) is 3.96. The highest BCUT2D eigenvalue weighted by Crippen LogP contribution is 2.30. The number of amides is 2. The van der Waals surface area contributed by atoms with Crippen LogP contribution in [0, 0.1) is 6.92 Å². The highest BCUT2D eigenvalue weighted by atomic mass is 35.5. The first-order valence-corrected chi connectivity index (χ1v) is 9.41. The highest BCUT2D eigenvalue weighted by molar-refractivity contribution is 6.34. The third-order valence-corrected chi connectivity index (χ3v) is 4.84. The van der Waals surface area contributed by atoms with E-state index in [1.165, 1.54) is 19.1 Å². The number of ether oxygens (including phenoxy) is 1. The lowest BCUT2D eigenvalue weighted by molar-refractivity contribution is -0.123. The van der Waals surface area contributed by atoms with Gasteiger partial charge in [-0.25, -0.2) is 4.79 Å². The SMILES string of the molecule is Cc1ccc(NC(=O)[C@H](C)OC(=O)c2ccc(Cl)c(N3CCCC3=O)c2)cc1. The number of halogens is 1. The Morgan fingerprint density at radius 2 is 1.89 bits per heavy atom. The van der Waals surface area contributed by atoms with Gasteiger partial charge in [-0.15, -0.1) is 0 Å². The van der Waals surface area contributed by atoms with Crippen LogP contribution < -0.4 is 10.2 Å². The minimum absolute atomic E-state index is 0.0294. The third kappa shape index (κ3) is 4.51. The average molecular weight is 401 g/mol. The van der Waals surface area contributed by atoms with Crippen molar-refractivity contribution in [3.05, 3.63) is 58.6 Å². The van der Waals surface area contributed by atoms with Crippen LogP contribution in [0.5, 0.6) is 0 Å². The van der Waals surface area contributed by atoms with Crippen molar-refractivity contribution in [1.82, 2.24) is 0 Å². The summed E-state index contributed by atoms with van der Waals surface area (Å²) in [5.74, 6) is -1.12. The second-order valence-corrected chi connectivity index (χ2v) is 7.13. The molecule has 0 aromatic heterocycles. The summed E-state index contributed by atoms with van der Waals surface area (Å²) in [6, 6.07) is 11.9. The van der Waals surface area contributed by atoms with E-state index >= 15 is 0 Å². The van der Waals surface area contributed by atoms with Crippen molar-refractivity contribution < 1.29 is 19.1 Å². The normalized spacial score (nSPS) is 14.7. The number of aryl methyl sites for hydroxylation is 1. The molecular formula is C21H21ClN2O4. The number of carbonyl (C=O) groups excluding carboxylic acids is 3. The number of anilines is 2. The van der Waals surface area contributed by atoms with Gasteiger partial charge in [-0.3, -0.25) is 9.59 Å². The summed E-state index contributed by atoms with van der Waals surface area (Å²) in [6.45, 7) is 4.01. The number of rotatable bonds is 5. The molecule has 1 atom stereocenters. The number of carbonyl (C=O) groups is 3. The van der Waals surface area contributed by atoms with Gasteiger partial charge < -0.3 is 15.0 Å². The molecule has 2 aromatic carbocycles. The minimum atomic E-state index is -0.985. The van der Waals surface area contributed by atoms with Crippen LogP contribution in [0.25, 0.3) is 0 Å². The summed E-state index contributed by atoms with van der Waals surface area (Å²) in [5.41, 5.74) is 2.41. The van der Waals surface area contributed by atoms with Gasteiger partial charge in [-0.2, -0.15) is 0 Å². The van der Waals surface area contributed by atoms with Crippen LogP contribution in [0.3, 0.4) is 0 Å². The minimum Gasteiger partial charge on any atom is -0.449 e. The van der Waals surface area contributed by atoms with Crippen molar-refractivity contribution in [3.8, 4) is 0 Å². The summed E-state index contributed by atoms with van der Waals surface area (Å²) in [4.78, 5) is 38.3. The van der Waals surface area contributed by atoms with Crippen LogP contribution in [0.2, 0.25) is 5.02 Å². The first kappa shape index (κ1) is 19.9. The van der Waals surface area contributed by atoms with E-state index in [1.807, 2.05) is 19.1 Å². The quantitative estimate of drug-likeness (QED) is 0.771. The number of hydrogen-bond donors (Lipinski definition) is 1. The van der Waals surface area contributed by atoms with E-state index in [0.29, 0.717) is 29.4 Å². The molecule has 6 nitrogen and oxygen atoms in total. The van der Waals surface area contributed by atoms with Crippen molar-refractivity contribution in [2.75, 3.05) is 16.8 Å². The molecule has 1 N–H and O–H groups in total. The van der Waals surface area contributed by atoms with Gasteiger partial charge in [0.25, 0.3) is 5.91 Å². The first-order valence-electron chi connectivity index (χ1n) is 9.03. The highest BCUT2D eigenvalue weighted by Gasteiger charge is 2.25. The Morgan fingerprint density at radius 1 is 1.18 bits per heavy atom. The van der Waals surface area contributed by atoms with Crippen molar-refractivity contribution in [2.24, 2.45) is 0 Å². The van der Waals surface area contributed by atoms with E-state index in [1.54, 1.807) is 23.1 Å². The Balaban J connectivity index is 1.67. The largest absolute Gasteiger partial charge is 0.449 e. The molecule has 0 radical (unpaired) electrons. The monoisotopic (exact) mass is 400 g/mol. The summed E-state index contributed by atoms with van der Waals surface area (Å²) in [7, 11) is 0. The maximum absolute atomic E-state index is 12.5. The van der Waals surface area contributed by atoms with E-state index in [0.717, 1.165) is 12.0 Å². The molecular weight excluding hydrogens is 380 g/mol. The van der Waals surface area contributed by atoms with Crippen LogP contribution in [-0.2, 0) is 14.3 Å². The topological polar surface area (TPSA) is 75.7 Å². The number of nitrogens with one attached hydrogen (secondary N) is 1. The molecule has 0 bridgehead atoms. The molecule has 1 saturated heterocycles. The molecule has 146 valence electrons. The van der Waals surface area contributed by atoms with E-state index in [2.05, 4.69) is 5.32 Å². The van der Waals surface area contributed by atoms with E-state index in [-0.39, 0.29) is 11.5 Å². The molecule has 0 aliphatic carbocycles. The van der Waals surface area contributed by atoms with Crippen molar-refractivity contribution >= 4 is 40.8 Å². The first-order chi connectivity index (χ1) is 13.3. The van der Waals surface area contributed by atoms with Gasteiger partial charge in [0.05, 0.1) is 16.3 Å². The number of benzene rings is 2. The Hall–Kier alpha value is -2.86. The fourth-order valence-corrected chi connectivity index (χ4v) is 3.13. The molecule has 0 saturated carbocycles. The molecule has 3 rings (SSSR count). The van der Waals surface area contributed by atoms with Gasteiger partial charge in [0.2, 0.25) is 5.91 Å². The van der Waals surface area contributed by atoms with E-state index < -0.39 is 18.0 Å². The molecule has 1 aliphatic heterocycles. The van der Waals surface area contributed by atoms with Gasteiger partial charge in [-0.1, -0.05) is 29.3 Å². The summed E-state index contributed by atoms with van der Waals surface area (Å²) < 4.78 is 5.28. The molecule has 28 heavy (non-hydrogen) atoms. The van der Waals surface area contributed by atoms with Gasteiger partial charge in [0.15, 0.2) is 6.10 Å². The second-order valence-electron chi connectivity index (χ2n) is 6.72. The standard InChI is InChI=1S/C21H21ClN2O4/c1-13-5-8-16(9-6-13)23-20(26)14(2)28-21(27)15-7-10-17(22)18(12-15)24-11-3-4-19(24)25/h5-10,12,14H,3-4,11H2,1-2H3,(H,23,26)/t14-/m0/s1. The smallest absolute Gasteiger partial charge is 0.338 e. The van der Waals surface area contributed by atoms with E-state index in [9.17, 15) is 14.4 Å². The summed E-state index contributed by atoms with van der Waals surface area (Å²) in [5, 5.41) is 3.09. The second kappa shape index (κ2) is 8.44. The van der Waals surface area contributed by atoms with E-state index in [4.69, 9.17) is 16.3 Å². The Labute approximate surface area is 168 Å². The summed E-state index contributed by atoms with van der Waals surface area (Å²) >= 11 is 6.19.